The maximum Gasteiger partial charge on any atom is 0.225 e. The normalized spacial score (nSPS) is 29.4. The largest absolute Gasteiger partial charge is 0.332 e. The van der Waals surface area contributed by atoms with Crippen LogP contribution in [0.2, 0.25) is 0 Å². The number of piperazine rings is 1. The number of carbonyl (C=O) groups excluding carboxylic acids is 1. The number of rotatable bonds is 7. The summed E-state index contributed by atoms with van der Waals surface area (Å²) in [6.07, 6.45) is 9.58. The number of ketones is 1. The molecule has 1 aromatic rings. The van der Waals surface area contributed by atoms with Gasteiger partial charge in [0.1, 0.15) is 5.78 Å². The Kier molecular flexibility index (Phi) is 5.97. The minimum atomic E-state index is 0.205. The minimum Gasteiger partial charge on any atom is -0.332 e. The van der Waals surface area contributed by atoms with Crippen molar-refractivity contribution in [2.45, 2.75) is 64.6 Å². The summed E-state index contributed by atoms with van der Waals surface area (Å²) in [4.78, 5) is 29.3. The van der Waals surface area contributed by atoms with Crippen molar-refractivity contribution in [1.29, 1.82) is 0 Å². The maximum atomic E-state index is 12.6. The van der Waals surface area contributed by atoms with Gasteiger partial charge in [-0.05, 0) is 39.3 Å². The van der Waals surface area contributed by atoms with Crippen molar-refractivity contribution < 1.29 is 4.79 Å². The van der Waals surface area contributed by atoms with E-state index in [2.05, 4.69) is 35.6 Å². The monoisotopic (exact) mass is 385 g/mol. The molecule has 3 fully saturated rings. The predicted molar refractivity (Wildman–Crippen MR) is 111 cm³/mol. The van der Waals surface area contributed by atoms with Gasteiger partial charge >= 0.3 is 0 Å². The second-order valence-corrected chi connectivity index (χ2v) is 9.22. The third-order valence-corrected chi connectivity index (χ3v) is 6.88. The molecule has 4 rings (SSSR count). The van der Waals surface area contributed by atoms with Crippen molar-refractivity contribution in [2.75, 3.05) is 38.1 Å². The Bertz CT molecular complexity index is 664. The number of anilines is 1. The quantitative estimate of drug-likeness (QED) is 0.719. The van der Waals surface area contributed by atoms with Crippen LogP contribution in [0.3, 0.4) is 0 Å². The SMILES string of the molecule is CCCC(C)C(=O)[C@@H]1CCN(Cc2cnc(N3C4CCC3CN(C)C4)nc2)C1. The van der Waals surface area contributed by atoms with E-state index in [1.54, 1.807) is 0 Å². The van der Waals surface area contributed by atoms with E-state index in [4.69, 9.17) is 9.97 Å². The lowest BCUT2D eigenvalue weighted by Gasteiger charge is -2.39. The van der Waals surface area contributed by atoms with E-state index in [1.807, 2.05) is 12.4 Å². The molecular weight excluding hydrogens is 350 g/mol. The fourth-order valence-corrected chi connectivity index (χ4v) is 5.45. The van der Waals surface area contributed by atoms with Gasteiger partial charge in [0.15, 0.2) is 0 Å². The zero-order chi connectivity index (χ0) is 19.7. The number of likely N-dealkylation sites (tertiary alicyclic amines) is 2. The number of aromatic nitrogens is 2. The first-order valence-corrected chi connectivity index (χ1v) is 11.1. The van der Waals surface area contributed by atoms with Crippen LogP contribution in [0.15, 0.2) is 12.4 Å². The van der Waals surface area contributed by atoms with E-state index in [1.165, 1.54) is 12.8 Å². The third-order valence-electron chi connectivity index (χ3n) is 6.88. The summed E-state index contributed by atoms with van der Waals surface area (Å²) in [5.74, 6) is 1.77. The number of Topliss-reactive ketones (excluding diaryl/α,β-unsaturated/α-hetero) is 1. The summed E-state index contributed by atoms with van der Waals surface area (Å²) >= 11 is 0. The second kappa shape index (κ2) is 8.46. The summed E-state index contributed by atoms with van der Waals surface area (Å²) in [5.41, 5.74) is 1.15. The fraction of sp³-hybridized carbons (Fsp3) is 0.773. The van der Waals surface area contributed by atoms with Crippen molar-refractivity contribution >= 4 is 11.7 Å². The van der Waals surface area contributed by atoms with Gasteiger partial charge in [0, 0.05) is 68.1 Å². The van der Waals surface area contributed by atoms with Crippen LogP contribution in [0.4, 0.5) is 5.95 Å². The van der Waals surface area contributed by atoms with Gasteiger partial charge < -0.3 is 9.80 Å². The average molecular weight is 386 g/mol. The number of carbonyl (C=O) groups is 1. The van der Waals surface area contributed by atoms with Crippen molar-refractivity contribution in [3.8, 4) is 0 Å². The van der Waals surface area contributed by atoms with E-state index >= 15 is 0 Å². The first kappa shape index (κ1) is 19.8. The van der Waals surface area contributed by atoms with E-state index in [9.17, 15) is 4.79 Å². The Morgan fingerprint density at radius 2 is 1.82 bits per heavy atom. The van der Waals surface area contributed by atoms with E-state index in [-0.39, 0.29) is 11.8 Å². The molecule has 0 aliphatic carbocycles. The highest BCUT2D eigenvalue weighted by molar-refractivity contribution is 5.83. The van der Waals surface area contributed by atoms with Crippen LogP contribution in [-0.2, 0) is 11.3 Å². The Hall–Kier alpha value is -1.53. The highest BCUT2D eigenvalue weighted by atomic mass is 16.1. The van der Waals surface area contributed by atoms with Crippen molar-refractivity contribution in [1.82, 2.24) is 19.8 Å². The lowest BCUT2D eigenvalue weighted by molar-refractivity contribution is -0.126. The molecule has 4 atom stereocenters. The zero-order valence-corrected chi connectivity index (χ0v) is 17.7. The summed E-state index contributed by atoms with van der Waals surface area (Å²) in [6.45, 7) is 9.20. The summed E-state index contributed by atoms with van der Waals surface area (Å²) in [7, 11) is 2.21. The van der Waals surface area contributed by atoms with Gasteiger partial charge in [-0.2, -0.15) is 0 Å². The standard InChI is InChI=1S/C22H35N5O/c1-4-5-16(2)21(28)18-8-9-26(13-18)12-17-10-23-22(24-11-17)27-19-6-7-20(27)15-25(3)14-19/h10-11,16,18-20H,4-9,12-15H2,1-3H3/t16?,18-,19?,20?/m1/s1. The van der Waals surface area contributed by atoms with Crippen molar-refractivity contribution in [3.63, 3.8) is 0 Å². The molecule has 3 aliphatic rings. The average Bonchev–Trinajstić information content (AvgIpc) is 3.25. The number of nitrogens with zero attached hydrogens (tertiary/aromatic N) is 5. The van der Waals surface area contributed by atoms with Crippen LogP contribution in [-0.4, -0.2) is 70.9 Å². The molecule has 154 valence electrons. The third kappa shape index (κ3) is 4.08. The maximum absolute atomic E-state index is 12.6. The van der Waals surface area contributed by atoms with Gasteiger partial charge in [0.2, 0.25) is 5.95 Å². The minimum absolute atomic E-state index is 0.205. The topological polar surface area (TPSA) is 52.6 Å². The Morgan fingerprint density at radius 3 is 2.46 bits per heavy atom. The lowest BCUT2D eigenvalue weighted by Crippen LogP contribution is -2.53. The molecule has 0 spiro atoms. The molecule has 0 aromatic carbocycles. The van der Waals surface area contributed by atoms with Gasteiger partial charge in [0.25, 0.3) is 0 Å². The molecule has 3 aliphatic heterocycles. The molecule has 3 unspecified atom stereocenters. The Labute approximate surface area is 169 Å². The van der Waals surface area contributed by atoms with Crippen LogP contribution in [0, 0.1) is 11.8 Å². The van der Waals surface area contributed by atoms with Crippen molar-refractivity contribution in [2.24, 2.45) is 11.8 Å². The summed E-state index contributed by atoms with van der Waals surface area (Å²) < 4.78 is 0. The van der Waals surface area contributed by atoms with Crippen LogP contribution >= 0.6 is 0 Å². The zero-order valence-electron chi connectivity index (χ0n) is 17.7. The molecular formula is C22H35N5O. The van der Waals surface area contributed by atoms with E-state index in [0.717, 1.165) is 63.5 Å². The number of likely N-dealkylation sites (N-methyl/N-ethyl adjacent to an activating group) is 1. The molecule has 0 amide bonds. The molecule has 3 saturated heterocycles. The Morgan fingerprint density at radius 1 is 1.14 bits per heavy atom. The number of hydrogen-bond acceptors (Lipinski definition) is 6. The van der Waals surface area contributed by atoms with Crippen LogP contribution < -0.4 is 4.90 Å². The van der Waals surface area contributed by atoms with Gasteiger partial charge in [-0.1, -0.05) is 20.3 Å². The molecule has 28 heavy (non-hydrogen) atoms. The fourth-order valence-electron chi connectivity index (χ4n) is 5.45. The highest BCUT2D eigenvalue weighted by Crippen LogP contribution is 2.32. The molecule has 0 N–H and O–H groups in total. The van der Waals surface area contributed by atoms with Crippen molar-refractivity contribution in [3.05, 3.63) is 18.0 Å². The highest BCUT2D eigenvalue weighted by Gasteiger charge is 2.40. The van der Waals surface area contributed by atoms with Gasteiger partial charge in [0.05, 0.1) is 0 Å². The Balaban J connectivity index is 1.33. The molecule has 0 radical (unpaired) electrons. The predicted octanol–water partition coefficient (Wildman–Crippen LogP) is 2.59. The molecule has 4 heterocycles. The summed E-state index contributed by atoms with van der Waals surface area (Å²) in [6, 6.07) is 1.12. The molecule has 0 saturated carbocycles. The first-order chi connectivity index (χ1) is 13.5. The molecule has 6 nitrogen and oxygen atoms in total. The number of fused-ring (bicyclic) bond motifs is 2. The molecule has 6 heteroatoms. The lowest BCUT2D eigenvalue weighted by atomic mass is 9.90. The second-order valence-electron chi connectivity index (χ2n) is 9.22. The van der Waals surface area contributed by atoms with Gasteiger partial charge in [-0.25, -0.2) is 9.97 Å². The van der Waals surface area contributed by atoms with Gasteiger partial charge in [-0.3, -0.25) is 9.69 Å². The van der Waals surface area contributed by atoms with E-state index in [0.29, 0.717) is 17.9 Å². The van der Waals surface area contributed by atoms with Crippen LogP contribution in [0.1, 0.15) is 51.5 Å². The van der Waals surface area contributed by atoms with Crippen LogP contribution in [0.5, 0.6) is 0 Å². The van der Waals surface area contributed by atoms with Gasteiger partial charge in [-0.15, -0.1) is 0 Å². The molecule has 2 bridgehead atoms. The first-order valence-electron chi connectivity index (χ1n) is 11.1. The van der Waals surface area contributed by atoms with E-state index < -0.39 is 0 Å². The summed E-state index contributed by atoms with van der Waals surface area (Å²) in [5, 5.41) is 0. The van der Waals surface area contributed by atoms with Crippen LogP contribution in [0.25, 0.3) is 0 Å². The molecule has 1 aromatic heterocycles. The smallest absolute Gasteiger partial charge is 0.225 e. The number of hydrogen-bond donors (Lipinski definition) is 0.